The Hall–Kier alpha value is -2.82. The number of carbonyl (C=O) groups excluding carboxylic acids is 2. The molecule has 0 radical (unpaired) electrons. The molecular weight excluding hydrogens is 352 g/mol. The highest BCUT2D eigenvalue weighted by atomic mass is 16.5. The van der Waals surface area contributed by atoms with Crippen molar-refractivity contribution in [1.29, 1.82) is 0 Å². The van der Waals surface area contributed by atoms with Crippen LogP contribution < -0.4 is 10.1 Å². The number of carbonyl (C=O) groups is 2. The molecule has 0 saturated heterocycles. The van der Waals surface area contributed by atoms with Gasteiger partial charge in [-0.05, 0) is 74.2 Å². The van der Waals surface area contributed by atoms with Gasteiger partial charge in [-0.15, -0.1) is 0 Å². The van der Waals surface area contributed by atoms with E-state index < -0.39 is 0 Å². The van der Waals surface area contributed by atoms with Crippen molar-refractivity contribution >= 4 is 17.5 Å². The zero-order valence-electron chi connectivity index (χ0n) is 17.2. The van der Waals surface area contributed by atoms with Crippen molar-refractivity contribution in [3.8, 4) is 5.75 Å². The maximum atomic E-state index is 12.6. The lowest BCUT2D eigenvalue weighted by molar-refractivity contribution is -0.118. The monoisotopic (exact) mass is 382 g/mol. The molecule has 5 heteroatoms. The first kappa shape index (κ1) is 21.5. The molecule has 0 aliphatic heterocycles. The molecule has 28 heavy (non-hydrogen) atoms. The van der Waals surface area contributed by atoms with Crippen LogP contribution in [0.5, 0.6) is 5.75 Å². The minimum Gasteiger partial charge on any atom is -0.484 e. The molecule has 1 N–H and O–H groups in total. The summed E-state index contributed by atoms with van der Waals surface area (Å²) in [5, 5.41) is 2.80. The van der Waals surface area contributed by atoms with Crippen LogP contribution in [0.1, 0.15) is 48.2 Å². The molecule has 0 fully saturated rings. The Bertz CT molecular complexity index is 794. The maximum absolute atomic E-state index is 12.6. The molecule has 2 aromatic carbocycles. The molecule has 0 aliphatic carbocycles. The summed E-state index contributed by atoms with van der Waals surface area (Å²) in [5.74, 6) is 0.460. The van der Waals surface area contributed by atoms with Gasteiger partial charge >= 0.3 is 0 Å². The molecule has 150 valence electrons. The Morgan fingerprint density at radius 2 is 1.57 bits per heavy atom. The predicted octanol–water partition coefficient (Wildman–Crippen LogP) is 4.58. The van der Waals surface area contributed by atoms with Crippen molar-refractivity contribution in [3.05, 3.63) is 59.2 Å². The molecule has 0 spiro atoms. The number of amides is 2. The first-order chi connectivity index (χ1) is 13.4. The van der Waals surface area contributed by atoms with Crippen LogP contribution >= 0.6 is 0 Å². The summed E-state index contributed by atoms with van der Waals surface area (Å²) >= 11 is 0. The molecule has 2 aromatic rings. The molecule has 0 heterocycles. The number of ether oxygens (including phenoxy) is 1. The van der Waals surface area contributed by atoms with Gasteiger partial charge in [0.05, 0.1) is 0 Å². The first-order valence-corrected chi connectivity index (χ1v) is 9.83. The van der Waals surface area contributed by atoms with Crippen molar-refractivity contribution in [2.24, 2.45) is 0 Å². The second kappa shape index (κ2) is 10.5. The van der Waals surface area contributed by atoms with Gasteiger partial charge in [-0.2, -0.15) is 0 Å². The lowest BCUT2D eigenvalue weighted by atomic mass is 10.1. The number of anilines is 1. The number of benzene rings is 2. The lowest BCUT2D eigenvalue weighted by Gasteiger charge is -2.21. The van der Waals surface area contributed by atoms with E-state index in [4.69, 9.17) is 4.74 Å². The third-order valence-electron chi connectivity index (χ3n) is 4.54. The normalized spacial score (nSPS) is 10.4. The summed E-state index contributed by atoms with van der Waals surface area (Å²) < 4.78 is 5.55. The van der Waals surface area contributed by atoms with Crippen LogP contribution in [0.4, 0.5) is 5.69 Å². The average Bonchev–Trinajstić information content (AvgIpc) is 2.69. The van der Waals surface area contributed by atoms with Crippen LogP contribution in [0.2, 0.25) is 0 Å². The second-order valence-corrected chi connectivity index (χ2v) is 6.95. The highest BCUT2D eigenvalue weighted by Gasteiger charge is 2.14. The summed E-state index contributed by atoms with van der Waals surface area (Å²) in [5.41, 5.74) is 3.58. The minimum absolute atomic E-state index is 0.0275. The molecule has 0 aromatic heterocycles. The Labute approximate surface area is 167 Å². The van der Waals surface area contributed by atoms with E-state index in [0.717, 1.165) is 31.5 Å². The highest BCUT2D eigenvalue weighted by Crippen LogP contribution is 2.17. The first-order valence-electron chi connectivity index (χ1n) is 9.83. The standard InChI is InChI=1S/C23H30N2O3/c1-5-13-25(14-6-2)23(27)19-8-10-20(11-9-19)24-22(26)16-28-21-12-7-17(3)18(4)15-21/h7-12,15H,5-6,13-14,16H2,1-4H3,(H,24,26). The van der Waals surface area contributed by atoms with Gasteiger partial charge < -0.3 is 15.0 Å². The van der Waals surface area contributed by atoms with E-state index in [1.54, 1.807) is 24.3 Å². The minimum atomic E-state index is -0.240. The fourth-order valence-corrected chi connectivity index (χ4v) is 2.88. The molecule has 0 saturated carbocycles. The van der Waals surface area contributed by atoms with Gasteiger partial charge in [-0.1, -0.05) is 19.9 Å². The van der Waals surface area contributed by atoms with Crippen LogP contribution in [-0.4, -0.2) is 36.4 Å². The highest BCUT2D eigenvalue weighted by molar-refractivity contribution is 5.96. The molecule has 5 nitrogen and oxygen atoms in total. The van der Waals surface area contributed by atoms with E-state index >= 15 is 0 Å². The molecule has 2 amide bonds. The Kier molecular flexibility index (Phi) is 8.05. The largest absolute Gasteiger partial charge is 0.484 e. The van der Waals surface area contributed by atoms with Crippen molar-refractivity contribution in [2.45, 2.75) is 40.5 Å². The number of nitrogens with zero attached hydrogens (tertiary/aromatic N) is 1. The number of aryl methyl sites for hydroxylation is 2. The average molecular weight is 383 g/mol. The van der Waals surface area contributed by atoms with Gasteiger partial charge in [0.15, 0.2) is 6.61 Å². The third kappa shape index (κ3) is 6.12. The van der Waals surface area contributed by atoms with Crippen LogP contribution in [0.3, 0.4) is 0 Å². The van der Waals surface area contributed by atoms with Gasteiger partial charge in [-0.3, -0.25) is 9.59 Å². The summed E-state index contributed by atoms with van der Waals surface area (Å²) in [7, 11) is 0. The van der Waals surface area contributed by atoms with Crippen molar-refractivity contribution in [3.63, 3.8) is 0 Å². The van der Waals surface area contributed by atoms with E-state index in [1.807, 2.05) is 36.9 Å². The van der Waals surface area contributed by atoms with Crippen LogP contribution in [-0.2, 0) is 4.79 Å². The van der Waals surface area contributed by atoms with Gasteiger partial charge in [-0.25, -0.2) is 0 Å². The number of rotatable bonds is 9. The SMILES string of the molecule is CCCN(CCC)C(=O)c1ccc(NC(=O)COc2ccc(C)c(C)c2)cc1. The van der Waals surface area contributed by atoms with Gasteiger partial charge in [0.2, 0.25) is 0 Å². The fourth-order valence-electron chi connectivity index (χ4n) is 2.88. The Balaban J connectivity index is 1.91. The molecule has 0 bridgehead atoms. The Morgan fingerprint density at radius 3 is 2.14 bits per heavy atom. The summed E-state index contributed by atoms with van der Waals surface area (Å²) in [6.45, 7) is 9.60. The molecule has 0 aliphatic rings. The van der Waals surface area contributed by atoms with Crippen LogP contribution in [0.15, 0.2) is 42.5 Å². The van der Waals surface area contributed by atoms with Crippen molar-refractivity contribution < 1.29 is 14.3 Å². The zero-order valence-corrected chi connectivity index (χ0v) is 17.2. The molecular formula is C23H30N2O3. The summed E-state index contributed by atoms with van der Waals surface area (Å²) in [6.07, 6.45) is 1.86. The topological polar surface area (TPSA) is 58.6 Å². The second-order valence-electron chi connectivity index (χ2n) is 6.95. The van der Waals surface area contributed by atoms with Crippen LogP contribution in [0.25, 0.3) is 0 Å². The quantitative estimate of drug-likeness (QED) is 0.690. The van der Waals surface area contributed by atoms with Crippen molar-refractivity contribution in [2.75, 3.05) is 25.0 Å². The summed E-state index contributed by atoms with van der Waals surface area (Å²) in [6, 6.07) is 12.7. The smallest absolute Gasteiger partial charge is 0.262 e. The maximum Gasteiger partial charge on any atom is 0.262 e. The van der Waals surface area contributed by atoms with Gasteiger partial charge in [0.1, 0.15) is 5.75 Å². The van der Waals surface area contributed by atoms with E-state index in [0.29, 0.717) is 17.0 Å². The number of hydrogen-bond donors (Lipinski definition) is 1. The van der Waals surface area contributed by atoms with Gasteiger partial charge in [0.25, 0.3) is 11.8 Å². The summed E-state index contributed by atoms with van der Waals surface area (Å²) in [4.78, 5) is 26.6. The van der Waals surface area contributed by atoms with Crippen molar-refractivity contribution in [1.82, 2.24) is 4.90 Å². The molecule has 2 rings (SSSR count). The van der Waals surface area contributed by atoms with E-state index in [2.05, 4.69) is 19.2 Å². The van der Waals surface area contributed by atoms with Gasteiger partial charge in [0, 0.05) is 24.3 Å². The van der Waals surface area contributed by atoms with Crippen LogP contribution in [0, 0.1) is 13.8 Å². The molecule has 0 unspecified atom stereocenters. The lowest BCUT2D eigenvalue weighted by Crippen LogP contribution is -2.32. The number of hydrogen-bond acceptors (Lipinski definition) is 3. The molecule has 0 atom stereocenters. The number of nitrogens with one attached hydrogen (secondary N) is 1. The van der Waals surface area contributed by atoms with E-state index in [1.165, 1.54) is 5.56 Å². The predicted molar refractivity (Wildman–Crippen MR) is 113 cm³/mol. The van der Waals surface area contributed by atoms with E-state index in [9.17, 15) is 9.59 Å². The fraction of sp³-hybridized carbons (Fsp3) is 0.391. The zero-order chi connectivity index (χ0) is 20.5. The third-order valence-corrected chi connectivity index (χ3v) is 4.54. The van der Waals surface area contributed by atoms with E-state index in [-0.39, 0.29) is 18.4 Å². The Morgan fingerprint density at radius 1 is 0.929 bits per heavy atom.